The number of nitrogen functional groups attached to an aromatic ring is 1. The van der Waals surface area contributed by atoms with Crippen LogP contribution in [0.3, 0.4) is 0 Å². The highest BCUT2D eigenvalue weighted by atomic mass is 16.5. The van der Waals surface area contributed by atoms with E-state index >= 15 is 0 Å². The Kier molecular flexibility index (Phi) is 6.94. The van der Waals surface area contributed by atoms with Gasteiger partial charge in [0.05, 0.1) is 11.5 Å². The van der Waals surface area contributed by atoms with Gasteiger partial charge in [-0.05, 0) is 32.1 Å². The molecule has 1 aliphatic heterocycles. The third-order valence-electron chi connectivity index (χ3n) is 3.78. The van der Waals surface area contributed by atoms with Gasteiger partial charge in [0.1, 0.15) is 12.4 Å². The maximum atomic E-state index is 10.7. The van der Waals surface area contributed by atoms with Crippen LogP contribution in [0.2, 0.25) is 0 Å². The van der Waals surface area contributed by atoms with Crippen molar-refractivity contribution in [1.29, 1.82) is 0 Å². The maximum absolute atomic E-state index is 10.7. The molecular formula is C17H24N6O2. The van der Waals surface area contributed by atoms with E-state index in [9.17, 15) is 4.79 Å². The molecule has 1 aromatic rings. The summed E-state index contributed by atoms with van der Waals surface area (Å²) in [5.74, 6) is 1.92. The van der Waals surface area contributed by atoms with E-state index in [4.69, 9.17) is 10.5 Å². The zero-order valence-corrected chi connectivity index (χ0v) is 14.6. The highest BCUT2D eigenvalue weighted by Gasteiger charge is 2.15. The van der Waals surface area contributed by atoms with Crippen LogP contribution in [0.15, 0.2) is 41.4 Å². The fourth-order valence-corrected chi connectivity index (χ4v) is 2.29. The summed E-state index contributed by atoms with van der Waals surface area (Å²) in [6.07, 6.45) is 7.90. The van der Waals surface area contributed by atoms with Crippen LogP contribution in [0, 0.1) is 0 Å². The van der Waals surface area contributed by atoms with Crippen molar-refractivity contribution in [2.45, 2.75) is 20.5 Å². The van der Waals surface area contributed by atoms with Gasteiger partial charge in [-0.2, -0.15) is 0 Å². The van der Waals surface area contributed by atoms with Crippen LogP contribution in [-0.4, -0.2) is 58.2 Å². The fourth-order valence-electron chi connectivity index (χ4n) is 2.29. The molecule has 1 saturated heterocycles. The molecular weight excluding hydrogens is 320 g/mol. The molecule has 1 aromatic heterocycles. The number of amides is 1. The van der Waals surface area contributed by atoms with Crippen molar-refractivity contribution in [2.75, 3.05) is 31.9 Å². The van der Waals surface area contributed by atoms with Gasteiger partial charge in [0.2, 0.25) is 12.4 Å². The smallest absolute Gasteiger partial charge is 0.220 e. The van der Waals surface area contributed by atoms with Gasteiger partial charge in [-0.1, -0.05) is 0 Å². The minimum absolute atomic E-state index is 0.237. The van der Waals surface area contributed by atoms with Gasteiger partial charge in [0.15, 0.2) is 0 Å². The molecule has 0 radical (unpaired) electrons. The lowest BCUT2D eigenvalue weighted by Gasteiger charge is -2.33. The summed E-state index contributed by atoms with van der Waals surface area (Å²) in [6, 6.07) is 1.76. The molecule has 0 saturated carbocycles. The number of ether oxygens (including phenoxy) is 1. The molecule has 25 heavy (non-hydrogen) atoms. The number of aromatic nitrogens is 2. The second-order valence-electron chi connectivity index (χ2n) is 5.62. The topological polar surface area (TPSA) is 96.9 Å². The SMILES string of the molecule is CC(=N/C=C\C=C(/C)OCc1ccnc(N)n1)N1CCN(C=O)CC1. The Morgan fingerprint density at radius 2 is 2.12 bits per heavy atom. The zero-order valence-electron chi connectivity index (χ0n) is 14.6. The summed E-state index contributed by atoms with van der Waals surface area (Å²) < 4.78 is 5.60. The number of carbonyl (C=O) groups is 1. The molecule has 1 fully saturated rings. The third-order valence-corrected chi connectivity index (χ3v) is 3.78. The molecule has 2 heterocycles. The first kappa shape index (κ1) is 18.4. The van der Waals surface area contributed by atoms with E-state index < -0.39 is 0 Å². The van der Waals surface area contributed by atoms with Crippen molar-refractivity contribution < 1.29 is 9.53 Å². The van der Waals surface area contributed by atoms with Crippen LogP contribution in [-0.2, 0) is 16.1 Å². The van der Waals surface area contributed by atoms with E-state index in [1.165, 1.54) is 0 Å². The molecule has 8 heteroatoms. The second kappa shape index (κ2) is 9.41. The largest absolute Gasteiger partial charge is 0.492 e. The zero-order chi connectivity index (χ0) is 18.1. The van der Waals surface area contributed by atoms with E-state index in [1.807, 2.05) is 26.0 Å². The number of hydrogen-bond donors (Lipinski definition) is 1. The molecule has 0 spiro atoms. The van der Waals surface area contributed by atoms with E-state index in [1.54, 1.807) is 23.4 Å². The lowest BCUT2D eigenvalue weighted by Crippen LogP contribution is -2.47. The van der Waals surface area contributed by atoms with Crippen molar-refractivity contribution >= 4 is 18.2 Å². The number of amidine groups is 1. The van der Waals surface area contributed by atoms with Crippen LogP contribution in [0.4, 0.5) is 5.95 Å². The van der Waals surface area contributed by atoms with Gasteiger partial charge >= 0.3 is 0 Å². The molecule has 0 unspecified atom stereocenters. The number of allylic oxidation sites excluding steroid dienone is 3. The molecule has 1 aliphatic rings. The predicted octanol–water partition coefficient (Wildman–Crippen LogP) is 1.19. The Morgan fingerprint density at radius 1 is 1.36 bits per heavy atom. The molecule has 2 N–H and O–H groups in total. The molecule has 8 nitrogen and oxygen atoms in total. The Morgan fingerprint density at radius 3 is 2.80 bits per heavy atom. The Labute approximate surface area is 147 Å². The van der Waals surface area contributed by atoms with Gasteiger partial charge in [0.25, 0.3) is 0 Å². The molecule has 0 aromatic carbocycles. The molecule has 0 aliphatic carbocycles. The number of nitrogens with zero attached hydrogens (tertiary/aromatic N) is 5. The number of hydrogen-bond acceptors (Lipinski definition) is 6. The first-order valence-electron chi connectivity index (χ1n) is 8.11. The van der Waals surface area contributed by atoms with E-state index in [0.29, 0.717) is 6.61 Å². The Bertz CT molecular complexity index is 663. The lowest BCUT2D eigenvalue weighted by atomic mass is 10.3. The number of anilines is 1. The van der Waals surface area contributed by atoms with Crippen LogP contribution in [0.25, 0.3) is 0 Å². The van der Waals surface area contributed by atoms with Crippen molar-refractivity contribution in [3.63, 3.8) is 0 Å². The molecule has 0 atom stereocenters. The monoisotopic (exact) mass is 344 g/mol. The highest BCUT2D eigenvalue weighted by Crippen LogP contribution is 2.05. The number of aliphatic imine (C=N–C) groups is 1. The number of rotatable bonds is 6. The van der Waals surface area contributed by atoms with Gasteiger partial charge in [-0.3, -0.25) is 4.79 Å². The van der Waals surface area contributed by atoms with E-state index in [2.05, 4.69) is 19.9 Å². The van der Waals surface area contributed by atoms with Gasteiger partial charge in [-0.15, -0.1) is 0 Å². The van der Waals surface area contributed by atoms with Gasteiger partial charge < -0.3 is 20.3 Å². The fraction of sp³-hybridized carbons (Fsp3) is 0.412. The van der Waals surface area contributed by atoms with Gasteiger partial charge in [-0.25, -0.2) is 15.0 Å². The summed E-state index contributed by atoms with van der Waals surface area (Å²) in [5.41, 5.74) is 6.26. The summed E-state index contributed by atoms with van der Waals surface area (Å²) in [6.45, 7) is 7.26. The normalized spacial score (nSPS) is 16.4. The van der Waals surface area contributed by atoms with Gasteiger partial charge in [0, 0.05) is 38.6 Å². The molecule has 1 amide bonds. The quantitative estimate of drug-likeness (QED) is 0.274. The van der Waals surface area contributed by atoms with E-state index in [-0.39, 0.29) is 5.95 Å². The number of carbonyl (C=O) groups excluding carboxylic acids is 1. The van der Waals surface area contributed by atoms with Crippen LogP contribution < -0.4 is 5.73 Å². The van der Waals surface area contributed by atoms with E-state index in [0.717, 1.165) is 49.9 Å². The number of nitrogens with two attached hydrogens (primary N) is 1. The van der Waals surface area contributed by atoms with Crippen LogP contribution in [0.5, 0.6) is 0 Å². The maximum Gasteiger partial charge on any atom is 0.220 e. The molecule has 2 rings (SSSR count). The Balaban J connectivity index is 1.78. The van der Waals surface area contributed by atoms with Crippen molar-refractivity contribution in [2.24, 2.45) is 4.99 Å². The highest BCUT2D eigenvalue weighted by molar-refractivity contribution is 5.80. The van der Waals surface area contributed by atoms with Crippen molar-refractivity contribution in [3.8, 4) is 0 Å². The number of piperazine rings is 1. The average molecular weight is 344 g/mol. The summed E-state index contributed by atoms with van der Waals surface area (Å²) >= 11 is 0. The molecule has 0 bridgehead atoms. The lowest BCUT2D eigenvalue weighted by molar-refractivity contribution is -0.119. The average Bonchev–Trinajstić information content (AvgIpc) is 2.63. The van der Waals surface area contributed by atoms with Crippen molar-refractivity contribution in [1.82, 2.24) is 19.8 Å². The predicted molar refractivity (Wildman–Crippen MR) is 96.4 cm³/mol. The van der Waals surface area contributed by atoms with Crippen LogP contribution >= 0.6 is 0 Å². The third kappa shape index (κ3) is 6.25. The van der Waals surface area contributed by atoms with Crippen LogP contribution in [0.1, 0.15) is 19.5 Å². The minimum atomic E-state index is 0.237. The summed E-state index contributed by atoms with van der Waals surface area (Å²) in [5, 5.41) is 0. The first-order valence-corrected chi connectivity index (χ1v) is 8.11. The molecule has 134 valence electrons. The Hall–Kier alpha value is -2.90. The minimum Gasteiger partial charge on any atom is -0.492 e. The second-order valence-corrected chi connectivity index (χ2v) is 5.62. The van der Waals surface area contributed by atoms with Crippen molar-refractivity contribution in [3.05, 3.63) is 42.1 Å². The summed E-state index contributed by atoms with van der Waals surface area (Å²) in [4.78, 5) is 27.0. The summed E-state index contributed by atoms with van der Waals surface area (Å²) in [7, 11) is 0. The first-order chi connectivity index (χ1) is 12.1. The standard InChI is InChI=1S/C17H24N6O2/c1-14(25-12-16-5-7-20-17(18)21-16)4-3-6-19-15(2)23-10-8-22(13-24)9-11-23/h3-7,13H,8-12H2,1-2H3,(H2,18,20,21)/b6-3-,14-4+,19-15?.